The molecule has 1 aliphatic heterocycles. The van der Waals surface area contributed by atoms with Crippen LogP contribution in [-0.2, 0) is 6.42 Å². The quantitative estimate of drug-likeness (QED) is 0.875. The van der Waals surface area contributed by atoms with Crippen molar-refractivity contribution < 1.29 is 4.74 Å². The molecule has 1 aromatic heterocycles. The number of fused-ring (bicyclic) bond motifs is 1. The average Bonchev–Trinajstić information content (AvgIpc) is 2.92. The Bertz CT molecular complexity index is 558. The largest absolute Gasteiger partial charge is 0.495 e. The van der Waals surface area contributed by atoms with Crippen molar-refractivity contribution in [3.05, 3.63) is 30.0 Å². The number of benzene rings is 1. The zero-order valence-electron chi connectivity index (χ0n) is 12.1. The van der Waals surface area contributed by atoms with Crippen LogP contribution in [0.25, 0.3) is 10.9 Å². The Labute approximate surface area is 120 Å². The van der Waals surface area contributed by atoms with Crippen LogP contribution in [0.5, 0.6) is 5.75 Å². The Kier molecular flexibility index (Phi) is 4.23. The molecule has 1 aromatic carbocycles. The fourth-order valence-electron chi connectivity index (χ4n) is 2.99. The molecule has 1 saturated heterocycles. The molecule has 0 bridgehead atoms. The molecule has 1 fully saturated rings. The molecule has 0 saturated carbocycles. The molecule has 4 heteroatoms. The molecular weight excluding hydrogens is 250 g/mol. The molecule has 3 rings (SSSR count). The number of nitrogens with one attached hydrogen (secondary N) is 2. The molecule has 2 heterocycles. The summed E-state index contributed by atoms with van der Waals surface area (Å²) in [7, 11) is 1.72. The lowest BCUT2D eigenvalue weighted by molar-refractivity contribution is 0.238. The van der Waals surface area contributed by atoms with Crippen LogP contribution in [0, 0.1) is 0 Å². The molecule has 0 atom stereocenters. The maximum absolute atomic E-state index is 5.39. The summed E-state index contributed by atoms with van der Waals surface area (Å²) in [6, 6.07) is 6.24. The molecule has 0 unspecified atom stereocenters. The van der Waals surface area contributed by atoms with Crippen molar-refractivity contribution >= 4 is 10.9 Å². The summed E-state index contributed by atoms with van der Waals surface area (Å²) >= 11 is 0. The summed E-state index contributed by atoms with van der Waals surface area (Å²) in [6.45, 7) is 5.82. The predicted octanol–water partition coefficient (Wildman–Crippen LogP) is 2.01. The Balaban J connectivity index is 1.62. The Hall–Kier alpha value is -1.52. The average molecular weight is 273 g/mol. The van der Waals surface area contributed by atoms with Crippen LogP contribution in [0.1, 0.15) is 12.0 Å². The first kappa shape index (κ1) is 13.5. The first-order valence-corrected chi connectivity index (χ1v) is 7.44. The molecule has 20 heavy (non-hydrogen) atoms. The molecule has 0 aliphatic carbocycles. The van der Waals surface area contributed by atoms with Crippen molar-refractivity contribution in [1.82, 2.24) is 15.2 Å². The van der Waals surface area contributed by atoms with Gasteiger partial charge in [-0.1, -0.05) is 12.1 Å². The minimum atomic E-state index is 0.927. The van der Waals surface area contributed by atoms with Gasteiger partial charge in [-0.25, -0.2) is 0 Å². The third kappa shape index (κ3) is 2.81. The van der Waals surface area contributed by atoms with E-state index in [0.717, 1.165) is 30.8 Å². The van der Waals surface area contributed by atoms with Gasteiger partial charge < -0.3 is 19.9 Å². The third-order valence-corrected chi connectivity index (χ3v) is 4.11. The maximum Gasteiger partial charge on any atom is 0.142 e. The monoisotopic (exact) mass is 273 g/mol. The number of H-pyrrole nitrogens is 1. The molecule has 0 radical (unpaired) electrons. The van der Waals surface area contributed by atoms with Gasteiger partial charge in [-0.3, -0.25) is 0 Å². The number of piperazine rings is 1. The van der Waals surface area contributed by atoms with Crippen LogP contribution in [0.15, 0.2) is 24.4 Å². The summed E-state index contributed by atoms with van der Waals surface area (Å²) in [4.78, 5) is 5.90. The first-order valence-electron chi connectivity index (χ1n) is 7.44. The van der Waals surface area contributed by atoms with Gasteiger partial charge in [-0.05, 0) is 31.0 Å². The number of ether oxygens (including phenoxy) is 1. The van der Waals surface area contributed by atoms with Crippen molar-refractivity contribution in [2.24, 2.45) is 0 Å². The minimum absolute atomic E-state index is 0.927. The highest BCUT2D eigenvalue weighted by molar-refractivity contribution is 5.88. The normalized spacial score (nSPS) is 16.6. The predicted molar refractivity (Wildman–Crippen MR) is 82.5 cm³/mol. The zero-order chi connectivity index (χ0) is 13.8. The van der Waals surface area contributed by atoms with Crippen molar-refractivity contribution in [3.8, 4) is 5.75 Å². The standard InChI is InChI=1S/C16H23N3O/c1-20-15-6-2-5-14-13(12-18-16(14)15)4-3-9-19-10-7-17-8-11-19/h2,5-6,12,17-18H,3-4,7-11H2,1H3. The maximum atomic E-state index is 5.39. The highest BCUT2D eigenvalue weighted by atomic mass is 16.5. The second-order valence-corrected chi connectivity index (χ2v) is 5.39. The highest BCUT2D eigenvalue weighted by Crippen LogP contribution is 2.27. The second-order valence-electron chi connectivity index (χ2n) is 5.39. The molecule has 2 N–H and O–H groups in total. The number of aromatic nitrogens is 1. The number of nitrogens with zero attached hydrogens (tertiary/aromatic N) is 1. The van der Waals surface area contributed by atoms with E-state index in [1.54, 1.807) is 7.11 Å². The van der Waals surface area contributed by atoms with E-state index in [2.05, 4.69) is 33.5 Å². The molecule has 0 amide bonds. The number of rotatable bonds is 5. The number of para-hydroxylation sites is 1. The second kappa shape index (κ2) is 6.29. The third-order valence-electron chi connectivity index (χ3n) is 4.11. The fraction of sp³-hybridized carbons (Fsp3) is 0.500. The molecule has 108 valence electrons. The number of aryl methyl sites for hydroxylation is 1. The van der Waals surface area contributed by atoms with Gasteiger partial charge in [0, 0.05) is 37.8 Å². The van der Waals surface area contributed by atoms with Gasteiger partial charge >= 0.3 is 0 Å². The van der Waals surface area contributed by atoms with Crippen LogP contribution in [0.4, 0.5) is 0 Å². The van der Waals surface area contributed by atoms with Gasteiger partial charge in [-0.2, -0.15) is 0 Å². The number of hydrogen-bond acceptors (Lipinski definition) is 3. The van der Waals surface area contributed by atoms with Crippen LogP contribution >= 0.6 is 0 Å². The molecule has 1 aliphatic rings. The van der Waals surface area contributed by atoms with Crippen molar-refractivity contribution in [2.75, 3.05) is 39.8 Å². The summed E-state index contributed by atoms with van der Waals surface area (Å²) < 4.78 is 5.39. The summed E-state index contributed by atoms with van der Waals surface area (Å²) in [6.07, 6.45) is 4.46. The SMILES string of the molecule is COc1cccc2c(CCCN3CCNCC3)c[nH]c12. The first-order chi connectivity index (χ1) is 9.88. The highest BCUT2D eigenvalue weighted by Gasteiger charge is 2.10. The summed E-state index contributed by atoms with van der Waals surface area (Å²) in [5.74, 6) is 0.927. The van der Waals surface area contributed by atoms with E-state index < -0.39 is 0 Å². The lowest BCUT2D eigenvalue weighted by atomic mass is 10.1. The van der Waals surface area contributed by atoms with Crippen LogP contribution in [-0.4, -0.2) is 49.7 Å². The van der Waals surface area contributed by atoms with E-state index in [1.807, 2.05) is 6.07 Å². The molecule has 0 spiro atoms. The molecule has 2 aromatic rings. The lowest BCUT2D eigenvalue weighted by Crippen LogP contribution is -2.43. The van der Waals surface area contributed by atoms with Crippen LogP contribution in [0.2, 0.25) is 0 Å². The van der Waals surface area contributed by atoms with E-state index in [-0.39, 0.29) is 0 Å². The summed E-state index contributed by atoms with van der Waals surface area (Å²) in [5, 5.41) is 4.69. The van der Waals surface area contributed by atoms with Gasteiger partial charge in [0.15, 0.2) is 0 Å². The van der Waals surface area contributed by atoms with Gasteiger partial charge in [0.05, 0.1) is 12.6 Å². The van der Waals surface area contributed by atoms with Crippen molar-refractivity contribution in [1.29, 1.82) is 0 Å². The zero-order valence-corrected chi connectivity index (χ0v) is 12.1. The molecular formula is C16H23N3O. The van der Waals surface area contributed by atoms with Crippen LogP contribution in [0.3, 0.4) is 0 Å². The van der Waals surface area contributed by atoms with E-state index in [1.165, 1.54) is 37.0 Å². The van der Waals surface area contributed by atoms with E-state index in [9.17, 15) is 0 Å². The smallest absolute Gasteiger partial charge is 0.142 e. The van der Waals surface area contributed by atoms with Gasteiger partial charge in [0.25, 0.3) is 0 Å². The van der Waals surface area contributed by atoms with Gasteiger partial charge in [0.2, 0.25) is 0 Å². The van der Waals surface area contributed by atoms with E-state index in [0.29, 0.717) is 0 Å². The lowest BCUT2D eigenvalue weighted by Gasteiger charge is -2.26. The molecule has 4 nitrogen and oxygen atoms in total. The minimum Gasteiger partial charge on any atom is -0.495 e. The van der Waals surface area contributed by atoms with E-state index in [4.69, 9.17) is 4.74 Å². The van der Waals surface area contributed by atoms with Gasteiger partial charge in [0.1, 0.15) is 5.75 Å². The Morgan fingerprint density at radius 1 is 1.25 bits per heavy atom. The van der Waals surface area contributed by atoms with Crippen LogP contribution < -0.4 is 10.1 Å². The number of hydrogen-bond donors (Lipinski definition) is 2. The Morgan fingerprint density at radius 3 is 2.90 bits per heavy atom. The topological polar surface area (TPSA) is 40.3 Å². The summed E-state index contributed by atoms with van der Waals surface area (Å²) in [5.41, 5.74) is 2.52. The van der Waals surface area contributed by atoms with E-state index >= 15 is 0 Å². The fourth-order valence-corrected chi connectivity index (χ4v) is 2.99. The Morgan fingerprint density at radius 2 is 2.10 bits per heavy atom. The van der Waals surface area contributed by atoms with Crippen molar-refractivity contribution in [2.45, 2.75) is 12.8 Å². The van der Waals surface area contributed by atoms with Gasteiger partial charge in [-0.15, -0.1) is 0 Å². The number of aromatic amines is 1. The number of methoxy groups -OCH3 is 1. The van der Waals surface area contributed by atoms with Crippen molar-refractivity contribution in [3.63, 3.8) is 0 Å².